The molecule has 0 amide bonds. The molecule has 1 aromatic carbocycles. The molecule has 2 rings (SSSR count). The third-order valence-electron chi connectivity index (χ3n) is 2.92. The van der Waals surface area contributed by atoms with E-state index in [4.69, 9.17) is 9.94 Å². The summed E-state index contributed by atoms with van der Waals surface area (Å²) in [5.41, 5.74) is 3.48. The van der Waals surface area contributed by atoms with Crippen LogP contribution in [0.5, 0.6) is 5.75 Å². The molecule has 0 radical (unpaired) electrons. The molecule has 4 heteroatoms. The molecule has 0 spiro atoms. The first kappa shape index (κ1) is 13.1. The first-order chi connectivity index (χ1) is 9.20. The Morgan fingerprint density at radius 1 is 1.26 bits per heavy atom. The Hall–Kier alpha value is -2.36. The molecule has 0 bridgehead atoms. The maximum atomic E-state index is 8.69. The lowest BCUT2D eigenvalue weighted by molar-refractivity contribution is 0.300. The molecule has 1 aromatic heterocycles. The highest BCUT2D eigenvalue weighted by molar-refractivity contribution is 5.98. The molecule has 0 saturated carbocycles. The van der Waals surface area contributed by atoms with Crippen molar-refractivity contribution in [3.05, 3.63) is 59.4 Å². The smallest absolute Gasteiger partial charge is 0.130 e. The highest BCUT2D eigenvalue weighted by Crippen LogP contribution is 2.15. The summed E-state index contributed by atoms with van der Waals surface area (Å²) in [4.78, 5) is 4.28. The van der Waals surface area contributed by atoms with E-state index in [0.29, 0.717) is 12.3 Å². The SMILES string of the molecule is C/C(=N/O)c1ccc(OCc2ncccc2C)cc1. The van der Waals surface area contributed by atoms with Gasteiger partial charge in [-0.05, 0) is 55.3 Å². The van der Waals surface area contributed by atoms with Gasteiger partial charge in [0.15, 0.2) is 0 Å². The van der Waals surface area contributed by atoms with Crippen molar-refractivity contribution in [3.63, 3.8) is 0 Å². The molecule has 0 unspecified atom stereocenters. The molecular formula is C15H16N2O2. The summed E-state index contributed by atoms with van der Waals surface area (Å²) in [5.74, 6) is 0.763. The molecule has 1 N–H and O–H groups in total. The van der Waals surface area contributed by atoms with E-state index in [9.17, 15) is 0 Å². The molecular weight excluding hydrogens is 240 g/mol. The summed E-state index contributed by atoms with van der Waals surface area (Å²) < 4.78 is 5.68. The zero-order chi connectivity index (χ0) is 13.7. The van der Waals surface area contributed by atoms with Crippen molar-refractivity contribution in [2.45, 2.75) is 20.5 Å². The summed E-state index contributed by atoms with van der Waals surface area (Å²) in [6, 6.07) is 11.3. The van der Waals surface area contributed by atoms with Crippen molar-refractivity contribution in [2.75, 3.05) is 0 Å². The van der Waals surface area contributed by atoms with Gasteiger partial charge in [-0.3, -0.25) is 4.98 Å². The minimum absolute atomic E-state index is 0.444. The van der Waals surface area contributed by atoms with Crippen LogP contribution in [-0.2, 0) is 6.61 Å². The Labute approximate surface area is 112 Å². The van der Waals surface area contributed by atoms with Gasteiger partial charge >= 0.3 is 0 Å². The average molecular weight is 256 g/mol. The van der Waals surface area contributed by atoms with Gasteiger partial charge in [0.25, 0.3) is 0 Å². The van der Waals surface area contributed by atoms with Crippen LogP contribution in [0.25, 0.3) is 0 Å². The number of ether oxygens (including phenoxy) is 1. The molecule has 0 aliphatic carbocycles. The Morgan fingerprint density at radius 2 is 2.00 bits per heavy atom. The van der Waals surface area contributed by atoms with E-state index < -0.39 is 0 Å². The topological polar surface area (TPSA) is 54.7 Å². The number of aryl methyl sites for hydroxylation is 1. The van der Waals surface area contributed by atoms with Crippen LogP contribution in [-0.4, -0.2) is 15.9 Å². The predicted octanol–water partition coefficient (Wildman–Crippen LogP) is 3.17. The minimum atomic E-state index is 0.444. The van der Waals surface area contributed by atoms with E-state index in [1.54, 1.807) is 13.1 Å². The van der Waals surface area contributed by atoms with E-state index in [2.05, 4.69) is 10.1 Å². The number of hydrogen-bond acceptors (Lipinski definition) is 4. The van der Waals surface area contributed by atoms with Gasteiger partial charge in [-0.15, -0.1) is 0 Å². The van der Waals surface area contributed by atoms with Crippen LogP contribution >= 0.6 is 0 Å². The fourth-order valence-electron chi connectivity index (χ4n) is 1.67. The van der Waals surface area contributed by atoms with Crippen LogP contribution in [0.2, 0.25) is 0 Å². The van der Waals surface area contributed by atoms with Crippen LogP contribution in [0.1, 0.15) is 23.7 Å². The Morgan fingerprint density at radius 3 is 2.63 bits per heavy atom. The standard InChI is InChI=1S/C15H16N2O2/c1-11-4-3-9-16-15(11)10-19-14-7-5-13(6-8-14)12(2)17-18/h3-9,18H,10H2,1-2H3/b17-12-. The van der Waals surface area contributed by atoms with Crippen molar-refractivity contribution in [1.82, 2.24) is 4.98 Å². The number of oxime groups is 1. The maximum Gasteiger partial charge on any atom is 0.130 e. The van der Waals surface area contributed by atoms with Crippen LogP contribution in [0.3, 0.4) is 0 Å². The molecule has 4 nitrogen and oxygen atoms in total. The van der Waals surface area contributed by atoms with Gasteiger partial charge in [0.05, 0.1) is 11.4 Å². The minimum Gasteiger partial charge on any atom is -0.487 e. The zero-order valence-corrected chi connectivity index (χ0v) is 11.0. The van der Waals surface area contributed by atoms with Gasteiger partial charge in [0.1, 0.15) is 12.4 Å². The van der Waals surface area contributed by atoms with Crippen LogP contribution < -0.4 is 4.74 Å². The number of pyridine rings is 1. The van der Waals surface area contributed by atoms with Crippen molar-refractivity contribution >= 4 is 5.71 Å². The van der Waals surface area contributed by atoms with E-state index >= 15 is 0 Å². The molecule has 0 aliphatic heterocycles. The lowest BCUT2D eigenvalue weighted by atomic mass is 10.1. The second-order valence-corrected chi connectivity index (χ2v) is 4.27. The number of rotatable bonds is 4. The third-order valence-corrected chi connectivity index (χ3v) is 2.92. The second kappa shape index (κ2) is 6.00. The fraction of sp³-hybridized carbons (Fsp3) is 0.200. The lowest BCUT2D eigenvalue weighted by Gasteiger charge is -2.08. The molecule has 98 valence electrons. The predicted molar refractivity (Wildman–Crippen MR) is 73.7 cm³/mol. The molecule has 0 fully saturated rings. The van der Waals surface area contributed by atoms with Crippen molar-refractivity contribution in [3.8, 4) is 5.75 Å². The highest BCUT2D eigenvalue weighted by Gasteiger charge is 2.02. The van der Waals surface area contributed by atoms with Crippen molar-refractivity contribution in [1.29, 1.82) is 0 Å². The Balaban J connectivity index is 2.03. The van der Waals surface area contributed by atoms with E-state index in [1.165, 1.54) is 0 Å². The second-order valence-electron chi connectivity index (χ2n) is 4.27. The molecule has 19 heavy (non-hydrogen) atoms. The fourth-order valence-corrected chi connectivity index (χ4v) is 1.67. The number of benzene rings is 1. The van der Waals surface area contributed by atoms with E-state index in [-0.39, 0.29) is 0 Å². The van der Waals surface area contributed by atoms with Gasteiger partial charge < -0.3 is 9.94 Å². The Kier molecular flexibility index (Phi) is 4.13. The summed E-state index contributed by atoms with van der Waals surface area (Å²) >= 11 is 0. The first-order valence-corrected chi connectivity index (χ1v) is 6.03. The van der Waals surface area contributed by atoms with Gasteiger partial charge in [0, 0.05) is 6.20 Å². The molecule has 0 atom stereocenters. The number of aromatic nitrogens is 1. The van der Waals surface area contributed by atoms with Gasteiger partial charge in [-0.1, -0.05) is 11.2 Å². The van der Waals surface area contributed by atoms with Crippen LogP contribution in [0, 0.1) is 6.92 Å². The van der Waals surface area contributed by atoms with Crippen LogP contribution in [0.15, 0.2) is 47.8 Å². The van der Waals surface area contributed by atoms with Gasteiger partial charge in [-0.25, -0.2) is 0 Å². The lowest BCUT2D eigenvalue weighted by Crippen LogP contribution is -2.01. The largest absolute Gasteiger partial charge is 0.487 e. The average Bonchev–Trinajstić information content (AvgIpc) is 2.46. The quantitative estimate of drug-likeness (QED) is 0.519. The van der Waals surface area contributed by atoms with E-state index in [1.807, 2.05) is 43.3 Å². The normalized spacial score (nSPS) is 11.4. The monoisotopic (exact) mass is 256 g/mol. The molecule has 2 aromatic rings. The summed E-state index contributed by atoms with van der Waals surface area (Å²) in [7, 11) is 0. The highest BCUT2D eigenvalue weighted by atomic mass is 16.5. The van der Waals surface area contributed by atoms with E-state index in [0.717, 1.165) is 22.6 Å². The molecule has 0 saturated heterocycles. The maximum absolute atomic E-state index is 8.69. The van der Waals surface area contributed by atoms with Crippen LogP contribution in [0.4, 0.5) is 0 Å². The van der Waals surface area contributed by atoms with Gasteiger partial charge in [-0.2, -0.15) is 0 Å². The third kappa shape index (κ3) is 3.31. The van der Waals surface area contributed by atoms with Gasteiger partial charge in [0.2, 0.25) is 0 Å². The molecule has 1 heterocycles. The number of hydrogen-bond donors (Lipinski definition) is 1. The molecule has 0 aliphatic rings. The number of nitrogens with zero attached hydrogens (tertiary/aromatic N) is 2. The Bertz CT molecular complexity index is 577. The zero-order valence-electron chi connectivity index (χ0n) is 11.0. The van der Waals surface area contributed by atoms with Crippen molar-refractivity contribution < 1.29 is 9.94 Å². The van der Waals surface area contributed by atoms with Crippen molar-refractivity contribution in [2.24, 2.45) is 5.16 Å². The first-order valence-electron chi connectivity index (χ1n) is 6.03. The summed E-state index contributed by atoms with van der Waals surface area (Å²) in [6.07, 6.45) is 1.76. The summed E-state index contributed by atoms with van der Waals surface area (Å²) in [6.45, 7) is 4.20. The summed E-state index contributed by atoms with van der Waals surface area (Å²) in [5, 5.41) is 11.8.